The van der Waals surface area contributed by atoms with Crippen LogP contribution in [0, 0.1) is 0 Å². The Labute approximate surface area is 85.7 Å². The maximum Gasteiger partial charge on any atom is 0.194 e. The third-order valence-corrected chi connectivity index (χ3v) is 1.86. The number of aromatic nitrogens is 3. The minimum atomic E-state index is -0.103. The van der Waals surface area contributed by atoms with E-state index in [9.17, 15) is 4.79 Å². The summed E-state index contributed by atoms with van der Waals surface area (Å²) in [6, 6.07) is 3.35. The summed E-state index contributed by atoms with van der Waals surface area (Å²) < 4.78 is 5.27. The van der Waals surface area contributed by atoms with E-state index >= 15 is 0 Å². The smallest absolute Gasteiger partial charge is 0.194 e. The summed E-state index contributed by atoms with van der Waals surface area (Å²) in [6.45, 7) is 1.82. The molecule has 2 aromatic heterocycles. The van der Waals surface area contributed by atoms with E-state index < -0.39 is 0 Å². The Morgan fingerprint density at radius 2 is 2.40 bits per heavy atom. The summed E-state index contributed by atoms with van der Waals surface area (Å²) in [6.07, 6.45) is 1.45. The fraction of sp³-hybridized carbons (Fsp3) is 0.222. The van der Waals surface area contributed by atoms with E-state index in [1.807, 2.05) is 0 Å². The van der Waals surface area contributed by atoms with E-state index in [2.05, 4.69) is 10.2 Å². The Bertz CT molecular complexity index is 486. The quantitative estimate of drug-likeness (QED) is 0.747. The number of carbonyl (C=O) groups is 1. The average Bonchev–Trinajstić information content (AvgIpc) is 2.76. The summed E-state index contributed by atoms with van der Waals surface area (Å²) in [5.41, 5.74) is 5.41. The molecular weight excluding hydrogens is 196 g/mol. The van der Waals surface area contributed by atoms with Crippen molar-refractivity contribution in [3.8, 4) is 0 Å². The number of rotatable bonds is 3. The van der Waals surface area contributed by atoms with Crippen molar-refractivity contribution in [1.29, 1.82) is 0 Å². The molecule has 0 unspecified atom stereocenters. The van der Waals surface area contributed by atoms with Crippen LogP contribution in [0.4, 0.5) is 5.82 Å². The minimum Gasteiger partial charge on any atom is -0.456 e. The molecule has 0 bridgehead atoms. The van der Waals surface area contributed by atoms with Crippen LogP contribution in [0.5, 0.6) is 0 Å². The first-order valence-electron chi connectivity index (χ1n) is 4.40. The molecule has 0 fully saturated rings. The van der Waals surface area contributed by atoms with Gasteiger partial charge < -0.3 is 10.2 Å². The van der Waals surface area contributed by atoms with Crippen molar-refractivity contribution < 1.29 is 9.21 Å². The molecule has 6 nitrogen and oxygen atoms in total. The van der Waals surface area contributed by atoms with Gasteiger partial charge in [-0.2, -0.15) is 9.90 Å². The van der Waals surface area contributed by atoms with Gasteiger partial charge in [-0.3, -0.25) is 4.79 Å². The van der Waals surface area contributed by atoms with Gasteiger partial charge in [0.05, 0.1) is 6.20 Å². The molecule has 0 spiro atoms. The van der Waals surface area contributed by atoms with Crippen molar-refractivity contribution in [2.75, 3.05) is 5.73 Å². The second kappa shape index (κ2) is 3.56. The van der Waals surface area contributed by atoms with Crippen LogP contribution in [0.1, 0.15) is 23.2 Å². The van der Waals surface area contributed by atoms with E-state index in [-0.39, 0.29) is 5.78 Å². The number of nitrogen functional groups attached to an aromatic ring is 1. The number of furan rings is 1. The van der Waals surface area contributed by atoms with Gasteiger partial charge in [0.25, 0.3) is 0 Å². The highest BCUT2D eigenvalue weighted by atomic mass is 16.3. The summed E-state index contributed by atoms with van der Waals surface area (Å²) >= 11 is 0. The molecule has 0 radical (unpaired) electrons. The second-order valence-corrected chi connectivity index (χ2v) is 3.12. The normalized spacial score (nSPS) is 10.5. The molecule has 0 saturated heterocycles. The topological polar surface area (TPSA) is 86.9 Å². The fourth-order valence-corrected chi connectivity index (χ4v) is 1.18. The van der Waals surface area contributed by atoms with E-state index in [4.69, 9.17) is 10.2 Å². The zero-order chi connectivity index (χ0) is 10.8. The van der Waals surface area contributed by atoms with Gasteiger partial charge in [0.2, 0.25) is 0 Å². The lowest BCUT2D eigenvalue weighted by Gasteiger charge is -1.94. The average molecular weight is 206 g/mol. The Hall–Kier alpha value is -2.11. The first kappa shape index (κ1) is 9.45. The van der Waals surface area contributed by atoms with Gasteiger partial charge in [-0.25, -0.2) is 0 Å². The molecule has 2 rings (SSSR count). The summed E-state index contributed by atoms with van der Waals surface area (Å²) in [5, 5.41) is 7.80. The lowest BCUT2D eigenvalue weighted by atomic mass is 10.3. The fourth-order valence-electron chi connectivity index (χ4n) is 1.18. The second-order valence-electron chi connectivity index (χ2n) is 3.12. The number of Topliss-reactive ketones (excluding diaryl/α,β-unsaturated/α-hetero) is 1. The van der Waals surface area contributed by atoms with Crippen LogP contribution < -0.4 is 5.73 Å². The Morgan fingerprint density at radius 3 is 2.93 bits per heavy atom. The number of nitrogens with two attached hydrogens (primary N) is 1. The van der Waals surface area contributed by atoms with Gasteiger partial charge in [0.1, 0.15) is 12.3 Å². The Morgan fingerprint density at radius 1 is 1.60 bits per heavy atom. The van der Waals surface area contributed by atoms with Crippen molar-refractivity contribution >= 4 is 11.6 Å². The predicted molar refractivity (Wildman–Crippen MR) is 52.2 cm³/mol. The number of ketones is 1. The molecule has 0 atom stereocenters. The van der Waals surface area contributed by atoms with Crippen molar-refractivity contribution in [3.63, 3.8) is 0 Å². The summed E-state index contributed by atoms with van der Waals surface area (Å²) in [4.78, 5) is 12.4. The maximum absolute atomic E-state index is 11.0. The van der Waals surface area contributed by atoms with Gasteiger partial charge in [0.15, 0.2) is 17.4 Å². The van der Waals surface area contributed by atoms with Crippen LogP contribution in [-0.2, 0) is 6.54 Å². The molecule has 2 N–H and O–H groups in total. The zero-order valence-corrected chi connectivity index (χ0v) is 8.17. The highest BCUT2D eigenvalue weighted by molar-refractivity contribution is 5.91. The highest BCUT2D eigenvalue weighted by Gasteiger charge is 2.07. The summed E-state index contributed by atoms with van der Waals surface area (Å²) in [5.74, 6) is 1.21. The number of carbonyl (C=O) groups excluding carboxylic acids is 1. The van der Waals surface area contributed by atoms with E-state index in [1.54, 1.807) is 12.1 Å². The van der Waals surface area contributed by atoms with Crippen LogP contribution in [-0.4, -0.2) is 20.8 Å². The molecule has 0 amide bonds. The molecule has 0 aliphatic carbocycles. The van der Waals surface area contributed by atoms with Gasteiger partial charge in [-0.15, -0.1) is 5.10 Å². The number of anilines is 1. The van der Waals surface area contributed by atoms with E-state index in [0.717, 1.165) is 0 Å². The van der Waals surface area contributed by atoms with Gasteiger partial charge >= 0.3 is 0 Å². The number of hydrogen-bond acceptors (Lipinski definition) is 5. The van der Waals surface area contributed by atoms with Crippen LogP contribution in [0.25, 0.3) is 0 Å². The molecular formula is C9H10N4O2. The minimum absolute atomic E-state index is 0.103. The van der Waals surface area contributed by atoms with Crippen LogP contribution >= 0.6 is 0 Å². The summed E-state index contributed by atoms with van der Waals surface area (Å²) in [7, 11) is 0. The standard InChI is InChI=1S/C9H10N4O2/c1-6(14)8-3-2-7(15-8)5-13-11-4-9(10)12-13/h2-4H,5H2,1H3,(H2,10,12). The van der Waals surface area contributed by atoms with Crippen LogP contribution in [0.15, 0.2) is 22.7 Å². The number of nitrogens with zero attached hydrogens (tertiary/aromatic N) is 3. The lowest BCUT2D eigenvalue weighted by Crippen LogP contribution is -2.03. The molecule has 2 aromatic rings. The maximum atomic E-state index is 11.0. The molecule has 78 valence electrons. The zero-order valence-electron chi connectivity index (χ0n) is 8.17. The molecule has 0 aromatic carbocycles. The van der Waals surface area contributed by atoms with E-state index in [0.29, 0.717) is 23.9 Å². The molecule has 15 heavy (non-hydrogen) atoms. The van der Waals surface area contributed by atoms with Crippen molar-refractivity contribution in [3.05, 3.63) is 29.9 Å². The molecule has 0 aliphatic heterocycles. The van der Waals surface area contributed by atoms with Crippen LogP contribution in [0.2, 0.25) is 0 Å². The number of hydrogen-bond donors (Lipinski definition) is 1. The largest absolute Gasteiger partial charge is 0.456 e. The Kier molecular flexibility index (Phi) is 2.24. The SMILES string of the molecule is CC(=O)c1ccc(Cn2ncc(N)n2)o1. The molecule has 2 heterocycles. The third-order valence-electron chi connectivity index (χ3n) is 1.86. The van der Waals surface area contributed by atoms with Crippen molar-refractivity contribution in [1.82, 2.24) is 15.0 Å². The van der Waals surface area contributed by atoms with E-state index in [1.165, 1.54) is 17.9 Å². The van der Waals surface area contributed by atoms with Gasteiger partial charge in [0, 0.05) is 6.92 Å². The Balaban J connectivity index is 2.14. The first-order valence-corrected chi connectivity index (χ1v) is 4.40. The predicted octanol–water partition coefficient (Wildman–Crippen LogP) is 0.704. The van der Waals surface area contributed by atoms with Gasteiger partial charge in [-0.1, -0.05) is 0 Å². The van der Waals surface area contributed by atoms with Crippen LogP contribution in [0.3, 0.4) is 0 Å². The first-order chi connectivity index (χ1) is 7.15. The highest BCUT2D eigenvalue weighted by Crippen LogP contribution is 2.09. The molecule has 0 aliphatic rings. The lowest BCUT2D eigenvalue weighted by molar-refractivity contribution is 0.0985. The molecule has 6 heteroatoms. The van der Waals surface area contributed by atoms with Crippen molar-refractivity contribution in [2.45, 2.75) is 13.5 Å². The monoisotopic (exact) mass is 206 g/mol. The third kappa shape index (κ3) is 2.04. The molecule has 0 saturated carbocycles. The van der Waals surface area contributed by atoms with Gasteiger partial charge in [-0.05, 0) is 12.1 Å². The van der Waals surface area contributed by atoms with Crippen molar-refractivity contribution in [2.24, 2.45) is 0 Å².